The largest absolute Gasteiger partial charge is 0.495 e. The van der Waals surface area contributed by atoms with Gasteiger partial charge < -0.3 is 19.3 Å². The molecular weight excluding hydrogens is 380 g/mol. The van der Waals surface area contributed by atoms with Crippen molar-refractivity contribution >= 4 is 23.2 Å². The predicted octanol–water partition coefficient (Wildman–Crippen LogP) is 5.04. The van der Waals surface area contributed by atoms with Crippen LogP contribution < -0.4 is 14.8 Å². The van der Waals surface area contributed by atoms with Gasteiger partial charge in [-0.2, -0.15) is 0 Å². The fraction of sp³-hybridized carbons (Fsp3) is 0.238. The number of anilines is 1. The Kier molecular flexibility index (Phi) is 6.21. The maximum atomic E-state index is 12.6. The van der Waals surface area contributed by atoms with Crippen molar-refractivity contribution in [3.8, 4) is 11.5 Å². The number of methoxy groups -OCH3 is 1. The SMILES string of the molecule is CCc1ccc(OCc2c(C(=O)Nc3ccc(OC)c(Cl)c3)noc2C)cc1. The lowest BCUT2D eigenvalue weighted by Gasteiger charge is -2.09. The summed E-state index contributed by atoms with van der Waals surface area (Å²) in [6, 6.07) is 12.8. The van der Waals surface area contributed by atoms with Crippen LogP contribution in [0.2, 0.25) is 5.02 Å². The van der Waals surface area contributed by atoms with Gasteiger partial charge in [-0.1, -0.05) is 35.8 Å². The number of aromatic nitrogens is 1. The van der Waals surface area contributed by atoms with Crippen molar-refractivity contribution in [2.24, 2.45) is 0 Å². The summed E-state index contributed by atoms with van der Waals surface area (Å²) < 4.78 is 16.1. The first kappa shape index (κ1) is 19.8. The van der Waals surface area contributed by atoms with Gasteiger partial charge in [-0.25, -0.2) is 0 Å². The number of aryl methyl sites for hydroxylation is 2. The summed E-state index contributed by atoms with van der Waals surface area (Å²) in [5, 5.41) is 7.04. The topological polar surface area (TPSA) is 73.6 Å². The lowest BCUT2D eigenvalue weighted by Crippen LogP contribution is -2.15. The highest BCUT2D eigenvalue weighted by atomic mass is 35.5. The standard InChI is InChI=1S/C21H21ClN2O4/c1-4-14-5-8-16(9-6-14)27-12-17-13(2)28-24-20(17)21(25)23-15-7-10-19(26-3)18(22)11-15/h5-11H,4,12H2,1-3H3,(H,23,25). The second-order valence-corrected chi connectivity index (χ2v) is 6.56. The third-order valence-corrected chi connectivity index (χ3v) is 4.62. The molecule has 0 aliphatic heterocycles. The van der Waals surface area contributed by atoms with Gasteiger partial charge in [-0.05, 0) is 49.2 Å². The zero-order chi connectivity index (χ0) is 20.1. The molecule has 146 valence electrons. The molecule has 0 aliphatic carbocycles. The van der Waals surface area contributed by atoms with Gasteiger partial charge in [0.2, 0.25) is 0 Å². The molecule has 0 aliphatic rings. The van der Waals surface area contributed by atoms with Gasteiger partial charge >= 0.3 is 0 Å². The van der Waals surface area contributed by atoms with E-state index in [0.717, 1.165) is 6.42 Å². The number of amides is 1. The van der Waals surface area contributed by atoms with Gasteiger partial charge in [0, 0.05) is 5.69 Å². The summed E-state index contributed by atoms with van der Waals surface area (Å²) in [6.07, 6.45) is 0.963. The second-order valence-electron chi connectivity index (χ2n) is 6.16. The highest BCUT2D eigenvalue weighted by molar-refractivity contribution is 6.32. The molecule has 3 aromatic rings. The van der Waals surface area contributed by atoms with Crippen LogP contribution in [0.15, 0.2) is 47.0 Å². The Morgan fingerprint density at radius 2 is 1.96 bits per heavy atom. The third kappa shape index (κ3) is 4.46. The summed E-state index contributed by atoms with van der Waals surface area (Å²) in [4.78, 5) is 12.6. The van der Waals surface area contributed by atoms with Gasteiger partial charge in [0.05, 0.1) is 17.7 Å². The summed E-state index contributed by atoms with van der Waals surface area (Å²) >= 11 is 6.10. The van der Waals surface area contributed by atoms with E-state index < -0.39 is 5.91 Å². The minimum Gasteiger partial charge on any atom is -0.495 e. The number of hydrogen-bond donors (Lipinski definition) is 1. The van der Waals surface area contributed by atoms with Crippen LogP contribution >= 0.6 is 11.6 Å². The van der Waals surface area contributed by atoms with Gasteiger partial charge in [0.25, 0.3) is 5.91 Å². The van der Waals surface area contributed by atoms with Crippen LogP contribution in [0.3, 0.4) is 0 Å². The number of nitrogens with one attached hydrogen (secondary N) is 1. The van der Waals surface area contributed by atoms with Gasteiger partial charge in [-0.15, -0.1) is 0 Å². The molecule has 6 nitrogen and oxygen atoms in total. The lowest BCUT2D eigenvalue weighted by molar-refractivity contribution is 0.101. The van der Waals surface area contributed by atoms with Crippen LogP contribution in [0.1, 0.15) is 34.3 Å². The second kappa shape index (κ2) is 8.80. The van der Waals surface area contributed by atoms with E-state index >= 15 is 0 Å². The summed E-state index contributed by atoms with van der Waals surface area (Å²) in [6.45, 7) is 4.01. The predicted molar refractivity (Wildman–Crippen MR) is 107 cm³/mol. The van der Waals surface area contributed by atoms with Crippen LogP contribution in [0.25, 0.3) is 0 Å². The molecule has 0 saturated heterocycles. The molecule has 0 unspecified atom stereocenters. The van der Waals surface area contributed by atoms with Crippen molar-refractivity contribution in [3.05, 3.63) is 70.1 Å². The number of carbonyl (C=O) groups excluding carboxylic acids is 1. The molecule has 0 saturated carbocycles. The van der Waals surface area contributed by atoms with E-state index in [0.29, 0.717) is 33.5 Å². The minimum absolute atomic E-state index is 0.174. The average Bonchev–Trinajstić information content (AvgIpc) is 3.07. The number of carbonyl (C=O) groups is 1. The van der Waals surface area contributed by atoms with E-state index in [1.165, 1.54) is 12.7 Å². The Morgan fingerprint density at radius 3 is 2.61 bits per heavy atom. The van der Waals surface area contributed by atoms with Crippen molar-refractivity contribution in [2.45, 2.75) is 26.9 Å². The summed E-state index contributed by atoms with van der Waals surface area (Å²) in [7, 11) is 1.53. The van der Waals surface area contributed by atoms with E-state index in [4.69, 9.17) is 25.6 Å². The van der Waals surface area contributed by atoms with E-state index in [1.807, 2.05) is 24.3 Å². The van der Waals surface area contributed by atoms with Crippen LogP contribution in [0, 0.1) is 6.92 Å². The zero-order valence-electron chi connectivity index (χ0n) is 15.9. The average molecular weight is 401 g/mol. The van der Waals surface area contributed by atoms with E-state index in [1.54, 1.807) is 25.1 Å². The van der Waals surface area contributed by atoms with Gasteiger partial charge in [0.1, 0.15) is 23.9 Å². The first-order chi connectivity index (χ1) is 13.5. The minimum atomic E-state index is -0.405. The quantitative estimate of drug-likeness (QED) is 0.601. The first-order valence-electron chi connectivity index (χ1n) is 8.83. The molecular formula is C21H21ClN2O4. The Hall–Kier alpha value is -2.99. The number of benzene rings is 2. The first-order valence-corrected chi connectivity index (χ1v) is 9.21. The van der Waals surface area contributed by atoms with Crippen LogP contribution in [-0.4, -0.2) is 18.2 Å². The molecule has 0 spiro atoms. The molecule has 3 rings (SSSR count). The third-order valence-electron chi connectivity index (χ3n) is 4.32. The van der Waals surface area contributed by atoms with Crippen molar-refractivity contribution in [3.63, 3.8) is 0 Å². The Bertz CT molecular complexity index is 967. The highest BCUT2D eigenvalue weighted by Gasteiger charge is 2.21. The fourth-order valence-electron chi connectivity index (χ4n) is 2.65. The van der Waals surface area contributed by atoms with Gasteiger partial charge in [-0.3, -0.25) is 4.79 Å². The molecule has 7 heteroatoms. The molecule has 2 aromatic carbocycles. The molecule has 1 N–H and O–H groups in total. The van der Waals surface area contributed by atoms with Gasteiger partial charge in [0.15, 0.2) is 5.69 Å². The van der Waals surface area contributed by atoms with E-state index in [2.05, 4.69) is 17.4 Å². The molecule has 0 radical (unpaired) electrons. The van der Waals surface area contributed by atoms with Crippen molar-refractivity contribution in [1.29, 1.82) is 0 Å². The lowest BCUT2D eigenvalue weighted by atomic mass is 10.1. The van der Waals surface area contributed by atoms with E-state index in [9.17, 15) is 4.79 Å². The number of nitrogens with zero attached hydrogens (tertiary/aromatic N) is 1. The molecule has 0 fully saturated rings. The van der Waals surface area contributed by atoms with Crippen molar-refractivity contribution in [1.82, 2.24) is 5.16 Å². The molecule has 0 bridgehead atoms. The Morgan fingerprint density at radius 1 is 1.21 bits per heavy atom. The number of rotatable bonds is 7. The maximum Gasteiger partial charge on any atom is 0.278 e. The van der Waals surface area contributed by atoms with E-state index in [-0.39, 0.29) is 12.3 Å². The number of hydrogen-bond acceptors (Lipinski definition) is 5. The Balaban J connectivity index is 1.72. The summed E-state index contributed by atoms with van der Waals surface area (Å²) in [5.41, 5.74) is 2.52. The van der Waals surface area contributed by atoms with Crippen LogP contribution in [0.4, 0.5) is 5.69 Å². The zero-order valence-corrected chi connectivity index (χ0v) is 16.7. The molecule has 1 amide bonds. The number of halogens is 1. The smallest absolute Gasteiger partial charge is 0.278 e. The highest BCUT2D eigenvalue weighted by Crippen LogP contribution is 2.28. The summed E-state index contributed by atoms with van der Waals surface area (Å²) in [5.74, 6) is 1.37. The van der Waals surface area contributed by atoms with Crippen molar-refractivity contribution in [2.75, 3.05) is 12.4 Å². The molecule has 28 heavy (non-hydrogen) atoms. The Labute approximate surface area is 168 Å². The monoisotopic (exact) mass is 400 g/mol. The molecule has 0 atom stereocenters. The maximum absolute atomic E-state index is 12.6. The fourth-order valence-corrected chi connectivity index (χ4v) is 2.91. The normalized spacial score (nSPS) is 10.6. The number of ether oxygens (including phenoxy) is 2. The molecule has 1 aromatic heterocycles. The molecule has 1 heterocycles. The van der Waals surface area contributed by atoms with Crippen LogP contribution in [0.5, 0.6) is 11.5 Å². The van der Waals surface area contributed by atoms with Crippen molar-refractivity contribution < 1.29 is 18.8 Å². The van der Waals surface area contributed by atoms with Crippen LogP contribution in [-0.2, 0) is 13.0 Å².